The monoisotopic (exact) mass is 274 g/mol. The van der Waals surface area contributed by atoms with Crippen LogP contribution in [0, 0.1) is 5.92 Å². The normalized spacial score (nSPS) is 20.4. The zero-order valence-corrected chi connectivity index (χ0v) is 10.6. The van der Waals surface area contributed by atoms with Gasteiger partial charge in [-0.05, 0) is 0 Å². The Morgan fingerprint density at radius 1 is 1.56 bits per heavy atom. The Hall–Kier alpha value is -1.57. The molecule has 1 aliphatic heterocycles. The van der Waals surface area contributed by atoms with Crippen LogP contribution < -0.4 is 10.6 Å². The molecule has 0 aromatic rings. The number of aliphatic carboxylic acids is 1. The number of hydrogen-bond acceptors (Lipinski definition) is 5. The highest BCUT2D eigenvalue weighted by molar-refractivity contribution is 8.01. The highest BCUT2D eigenvalue weighted by Gasteiger charge is 2.31. The molecule has 1 fully saturated rings. The lowest BCUT2D eigenvalue weighted by Crippen LogP contribution is -2.33. The van der Waals surface area contributed by atoms with Crippen LogP contribution in [0.25, 0.3) is 0 Å². The van der Waals surface area contributed by atoms with E-state index < -0.39 is 17.1 Å². The summed E-state index contributed by atoms with van der Waals surface area (Å²) in [5.41, 5.74) is 0. The first-order valence-corrected chi connectivity index (χ1v) is 6.40. The molecule has 0 aromatic heterocycles. The molecule has 0 spiro atoms. The van der Waals surface area contributed by atoms with Crippen LogP contribution in [0.5, 0.6) is 0 Å². The third kappa shape index (κ3) is 4.36. The molecule has 0 aromatic carbocycles. The van der Waals surface area contributed by atoms with Crippen LogP contribution in [0.1, 0.15) is 13.3 Å². The lowest BCUT2D eigenvalue weighted by molar-refractivity contribution is -0.141. The summed E-state index contributed by atoms with van der Waals surface area (Å²) in [5, 5.41) is 12.7. The topological polar surface area (TPSA) is 113 Å². The predicted octanol–water partition coefficient (Wildman–Crippen LogP) is -1.03. The molecule has 1 saturated heterocycles. The number of carboxylic acid groups (broad SMARTS) is 1. The number of carbonyl (C=O) groups is 4. The van der Waals surface area contributed by atoms with Crippen LogP contribution in [0.2, 0.25) is 0 Å². The van der Waals surface area contributed by atoms with E-state index in [1.807, 2.05) is 0 Å². The summed E-state index contributed by atoms with van der Waals surface area (Å²) in [6.07, 6.45) is 0.0856. The maximum atomic E-state index is 11.4. The number of hydrogen-bond donors (Lipinski definition) is 3. The highest BCUT2D eigenvalue weighted by Crippen LogP contribution is 2.18. The predicted molar refractivity (Wildman–Crippen MR) is 63.8 cm³/mol. The standard InChI is InChI=1S/C10H14N2O5S/c1-5(10(16)17)3-11-8(14)4-18-6-2-7(13)12-9(6)15/h5-6H,2-4H2,1H3,(H,11,14)(H,16,17)(H,12,13,15). The second-order valence-corrected chi connectivity index (χ2v) is 5.15. The van der Waals surface area contributed by atoms with Gasteiger partial charge in [-0.15, -0.1) is 11.8 Å². The lowest BCUT2D eigenvalue weighted by atomic mass is 10.2. The quantitative estimate of drug-likeness (QED) is 0.534. The fourth-order valence-electron chi connectivity index (χ4n) is 1.25. The number of carboxylic acids is 1. The molecule has 1 heterocycles. The zero-order valence-electron chi connectivity index (χ0n) is 9.76. The fourth-order valence-corrected chi connectivity index (χ4v) is 2.18. The first-order valence-electron chi connectivity index (χ1n) is 5.35. The maximum absolute atomic E-state index is 11.4. The Kier molecular flexibility index (Phi) is 5.14. The van der Waals surface area contributed by atoms with Gasteiger partial charge in [0.05, 0.1) is 16.9 Å². The van der Waals surface area contributed by atoms with E-state index in [1.54, 1.807) is 0 Å². The van der Waals surface area contributed by atoms with Crippen LogP contribution >= 0.6 is 11.8 Å². The zero-order chi connectivity index (χ0) is 13.7. The molecule has 3 N–H and O–H groups in total. The number of imide groups is 1. The molecule has 1 rings (SSSR count). The second kappa shape index (κ2) is 6.39. The third-order valence-corrected chi connectivity index (χ3v) is 3.58. The van der Waals surface area contributed by atoms with Crippen molar-refractivity contribution in [1.82, 2.24) is 10.6 Å². The Bertz CT molecular complexity index is 384. The Balaban J connectivity index is 2.23. The number of amides is 3. The molecule has 100 valence electrons. The van der Waals surface area contributed by atoms with Crippen molar-refractivity contribution in [1.29, 1.82) is 0 Å². The second-order valence-electron chi connectivity index (χ2n) is 3.96. The smallest absolute Gasteiger partial charge is 0.308 e. The van der Waals surface area contributed by atoms with Gasteiger partial charge in [0.25, 0.3) is 0 Å². The molecular weight excluding hydrogens is 260 g/mol. The largest absolute Gasteiger partial charge is 0.481 e. The summed E-state index contributed by atoms with van der Waals surface area (Å²) in [5.74, 6) is -2.68. The van der Waals surface area contributed by atoms with Gasteiger partial charge in [0, 0.05) is 13.0 Å². The van der Waals surface area contributed by atoms with E-state index in [0.717, 1.165) is 11.8 Å². The van der Waals surface area contributed by atoms with E-state index in [2.05, 4.69) is 10.6 Å². The third-order valence-electron chi connectivity index (χ3n) is 2.37. The van der Waals surface area contributed by atoms with Crippen LogP contribution in [-0.2, 0) is 19.2 Å². The molecule has 1 aliphatic rings. The van der Waals surface area contributed by atoms with E-state index in [1.165, 1.54) is 6.92 Å². The molecule has 0 aliphatic carbocycles. The van der Waals surface area contributed by atoms with Crippen molar-refractivity contribution < 1.29 is 24.3 Å². The van der Waals surface area contributed by atoms with Crippen molar-refractivity contribution in [3.63, 3.8) is 0 Å². The van der Waals surface area contributed by atoms with E-state index in [-0.39, 0.29) is 36.4 Å². The SMILES string of the molecule is CC(CNC(=O)CSC1CC(=O)NC1=O)C(=O)O. The van der Waals surface area contributed by atoms with Crippen molar-refractivity contribution in [2.45, 2.75) is 18.6 Å². The van der Waals surface area contributed by atoms with Crippen molar-refractivity contribution in [3.8, 4) is 0 Å². The summed E-state index contributed by atoms with van der Waals surface area (Å²) in [6.45, 7) is 1.53. The summed E-state index contributed by atoms with van der Waals surface area (Å²) in [4.78, 5) is 44.0. The summed E-state index contributed by atoms with van der Waals surface area (Å²) in [7, 11) is 0. The first kappa shape index (κ1) is 14.5. The summed E-state index contributed by atoms with van der Waals surface area (Å²) < 4.78 is 0. The minimum atomic E-state index is -0.983. The highest BCUT2D eigenvalue weighted by atomic mass is 32.2. The molecule has 2 unspecified atom stereocenters. The minimum absolute atomic E-state index is 0.0255. The van der Waals surface area contributed by atoms with Crippen LogP contribution in [-0.4, -0.2) is 46.3 Å². The van der Waals surface area contributed by atoms with Gasteiger partial charge in [0.2, 0.25) is 17.7 Å². The van der Waals surface area contributed by atoms with Crippen LogP contribution in [0.4, 0.5) is 0 Å². The molecule has 2 atom stereocenters. The van der Waals surface area contributed by atoms with Crippen LogP contribution in [0.15, 0.2) is 0 Å². The minimum Gasteiger partial charge on any atom is -0.481 e. The van der Waals surface area contributed by atoms with E-state index in [0.29, 0.717) is 0 Å². The van der Waals surface area contributed by atoms with Crippen molar-refractivity contribution in [2.75, 3.05) is 12.3 Å². The summed E-state index contributed by atoms with van der Waals surface area (Å²) >= 11 is 1.07. The average molecular weight is 274 g/mol. The number of carbonyl (C=O) groups excluding carboxylic acids is 3. The first-order chi connectivity index (χ1) is 8.40. The Labute approximate surface area is 108 Å². The fraction of sp³-hybridized carbons (Fsp3) is 0.600. The van der Waals surface area contributed by atoms with Crippen molar-refractivity contribution >= 4 is 35.5 Å². The van der Waals surface area contributed by atoms with Gasteiger partial charge in [0.15, 0.2) is 0 Å². The lowest BCUT2D eigenvalue weighted by Gasteiger charge is -2.09. The molecular formula is C10H14N2O5S. The van der Waals surface area contributed by atoms with E-state index in [4.69, 9.17) is 5.11 Å². The van der Waals surface area contributed by atoms with Gasteiger partial charge in [-0.25, -0.2) is 0 Å². The molecule has 3 amide bonds. The molecule has 0 radical (unpaired) electrons. The molecule has 0 saturated carbocycles. The maximum Gasteiger partial charge on any atom is 0.308 e. The Morgan fingerprint density at radius 2 is 2.22 bits per heavy atom. The average Bonchev–Trinajstić information content (AvgIpc) is 2.61. The number of nitrogens with one attached hydrogen (secondary N) is 2. The van der Waals surface area contributed by atoms with Gasteiger partial charge in [-0.2, -0.15) is 0 Å². The van der Waals surface area contributed by atoms with Gasteiger partial charge in [0.1, 0.15) is 0 Å². The number of thioether (sulfide) groups is 1. The van der Waals surface area contributed by atoms with Gasteiger partial charge in [-0.1, -0.05) is 6.92 Å². The molecule has 7 nitrogen and oxygen atoms in total. The van der Waals surface area contributed by atoms with Crippen molar-refractivity contribution in [3.05, 3.63) is 0 Å². The Morgan fingerprint density at radius 3 is 2.72 bits per heavy atom. The molecule has 0 bridgehead atoms. The van der Waals surface area contributed by atoms with E-state index >= 15 is 0 Å². The van der Waals surface area contributed by atoms with Gasteiger partial charge in [-0.3, -0.25) is 24.5 Å². The number of rotatable bonds is 6. The van der Waals surface area contributed by atoms with Crippen LogP contribution in [0.3, 0.4) is 0 Å². The van der Waals surface area contributed by atoms with Gasteiger partial charge >= 0.3 is 5.97 Å². The van der Waals surface area contributed by atoms with E-state index in [9.17, 15) is 19.2 Å². The van der Waals surface area contributed by atoms with Crippen molar-refractivity contribution in [2.24, 2.45) is 5.92 Å². The summed E-state index contributed by atoms with van der Waals surface area (Å²) in [6, 6.07) is 0. The van der Waals surface area contributed by atoms with Gasteiger partial charge < -0.3 is 10.4 Å². The molecule has 8 heteroatoms. The molecule has 18 heavy (non-hydrogen) atoms.